The van der Waals surface area contributed by atoms with Crippen molar-refractivity contribution in [3.63, 3.8) is 0 Å². The Labute approximate surface area is 121 Å². The van der Waals surface area contributed by atoms with E-state index >= 15 is 0 Å². The molecular formula is C14H14N3O4-. The van der Waals surface area contributed by atoms with Crippen LogP contribution in [0.25, 0.3) is 11.4 Å². The predicted octanol–water partition coefficient (Wildman–Crippen LogP) is 0.940. The number of methoxy groups -OCH3 is 2. The number of carbonyl (C=O) groups is 1. The highest BCUT2D eigenvalue weighted by Crippen LogP contribution is 2.30. The first-order chi connectivity index (χ1) is 10.1. The Morgan fingerprint density at radius 2 is 1.71 bits per heavy atom. The molecule has 7 nitrogen and oxygen atoms in total. The zero-order chi connectivity index (χ0) is 15.4. The molecule has 0 bridgehead atoms. The molecule has 0 aliphatic heterocycles. The molecule has 0 atom stereocenters. The maximum absolute atomic E-state index is 11.1. The number of nitrogens with zero attached hydrogens (tertiary/aromatic N) is 3. The maximum Gasteiger partial charge on any atom is 0.220 e. The largest absolute Gasteiger partial charge is 0.530 e. The van der Waals surface area contributed by atoms with Crippen molar-refractivity contribution in [1.82, 2.24) is 9.97 Å². The summed E-state index contributed by atoms with van der Waals surface area (Å²) in [6.45, 7) is 0. The van der Waals surface area contributed by atoms with Gasteiger partial charge in [-0.05, 0) is 12.1 Å². The lowest BCUT2D eigenvalue weighted by Gasteiger charge is -2.22. The van der Waals surface area contributed by atoms with Crippen molar-refractivity contribution in [2.45, 2.75) is 0 Å². The third kappa shape index (κ3) is 3.02. The Morgan fingerprint density at radius 3 is 2.24 bits per heavy atom. The Bertz CT molecular complexity index is 638. The first-order valence-corrected chi connectivity index (χ1v) is 6.08. The SMILES string of the molecule is COc1cc(OC)nc(-c2ccccc2N(C)C(=O)[O-])n1. The molecular weight excluding hydrogens is 274 g/mol. The van der Waals surface area contributed by atoms with Crippen LogP contribution in [-0.2, 0) is 0 Å². The van der Waals surface area contributed by atoms with E-state index in [0.717, 1.165) is 4.90 Å². The Morgan fingerprint density at radius 1 is 1.14 bits per heavy atom. The van der Waals surface area contributed by atoms with Crippen molar-refractivity contribution in [2.75, 3.05) is 26.2 Å². The minimum absolute atomic E-state index is 0.301. The highest BCUT2D eigenvalue weighted by molar-refractivity contribution is 5.90. The normalized spacial score (nSPS) is 10.0. The number of para-hydroxylation sites is 1. The Balaban J connectivity index is 2.59. The molecule has 1 aromatic carbocycles. The van der Waals surface area contributed by atoms with Crippen LogP contribution in [-0.4, -0.2) is 37.3 Å². The van der Waals surface area contributed by atoms with Gasteiger partial charge in [0.2, 0.25) is 11.8 Å². The average Bonchev–Trinajstić information content (AvgIpc) is 2.53. The van der Waals surface area contributed by atoms with Crippen LogP contribution < -0.4 is 19.5 Å². The number of aromatic nitrogens is 2. The van der Waals surface area contributed by atoms with E-state index in [2.05, 4.69) is 9.97 Å². The van der Waals surface area contributed by atoms with Gasteiger partial charge in [-0.1, -0.05) is 12.1 Å². The quantitative estimate of drug-likeness (QED) is 0.832. The van der Waals surface area contributed by atoms with Crippen LogP contribution >= 0.6 is 0 Å². The van der Waals surface area contributed by atoms with Gasteiger partial charge in [-0.2, -0.15) is 9.97 Å². The predicted molar refractivity (Wildman–Crippen MR) is 74.4 cm³/mol. The van der Waals surface area contributed by atoms with Crippen LogP contribution in [0, 0.1) is 0 Å². The third-order valence-electron chi connectivity index (χ3n) is 2.88. The molecule has 0 unspecified atom stereocenters. The molecule has 110 valence electrons. The first kappa shape index (κ1) is 14.6. The van der Waals surface area contributed by atoms with E-state index in [9.17, 15) is 9.90 Å². The van der Waals surface area contributed by atoms with Gasteiger partial charge in [-0.15, -0.1) is 0 Å². The number of amides is 1. The second-order valence-corrected chi connectivity index (χ2v) is 4.12. The summed E-state index contributed by atoms with van der Waals surface area (Å²) in [5.74, 6) is 0.945. The summed E-state index contributed by atoms with van der Waals surface area (Å²) in [4.78, 5) is 20.5. The zero-order valence-electron chi connectivity index (χ0n) is 11.9. The van der Waals surface area contributed by atoms with Gasteiger partial charge < -0.3 is 24.3 Å². The third-order valence-corrected chi connectivity index (χ3v) is 2.88. The number of carbonyl (C=O) groups excluding carboxylic acids is 1. The standard InChI is InChI=1S/C14H15N3O4/c1-17(14(18)19)10-7-5-4-6-9(10)13-15-11(20-2)8-12(16-13)21-3/h4-8H,1-3H3,(H,18,19)/p-1. The molecule has 7 heteroatoms. The minimum Gasteiger partial charge on any atom is -0.530 e. The molecule has 1 heterocycles. The van der Waals surface area contributed by atoms with Crippen molar-refractivity contribution in [2.24, 2.45) is 0 Å². The Kier molecular flexibility index (Phi) is 4.22. The molecule has 1 aromatic heterocycles. The van der Waals surface area contributed by atoms with Gasteiger partial charge in [0.1, 0.15) is 6.09 Å². The lowest BCUT2D eigenvalue weighted by molar-refractivity contribution is -0.246. The summed E-state index contributed by atoms with van der Waals surface area (Å²) in [7, 11) is 4.35. The topological polar surface area (TPSA) is 87.6 Å². The van der Waals surface area contributed by atoms with Crippen LogP contribution in [0.15, 0.2) is 30.3 Å². The first-order valence-electron chi connectivity index (χ1n) is 6.08. The fourth-order valence-corrected chi connectivity index (χ4v) is 1.79. The van der Waals surface area contributed by atoms with E-state index in [1.807, 2.05) is 0 Å². The van der Waals surface area contributed by atoms with Gasteiger partial charge in [-0.25, -0.2) is 0 Å². The van der Waals surface area contributed by atoms with Gasteiger partial charge in [0.25, 0.3) is 0 Å². The smallest absolute Gasteiger partial charge is 0.220 e. The van der Waals surface area contributed by atoms with Gasteiger partial charge in [0.05, 0.1) is 26.0 Å². The van der Waals surface area contributed by atoms with E-state index < -0.39 is 6.09 Å². The van der Waals surface area contributed by atoms with Crippen molar-refractivity contribution >= 4 is 11.8 Å². The zero-order valence-corrected chi connectivity index (χ0v) is 11.9. The molecule has 1 amide bonds. The van der Waals surface area contributed by atoms with Crippen molar-refractivity contribution in [3.8, 4) is 23.1 Å². The minimum atomic E-state index is -1.32. The summed E-state index contributed by atoms with van der Waals surface area (Å²) < 4.78 is 10.2. The summed E-state index contributed by atoms with van der Waals surface area (Å²) in [6, 6.07) is 8.37. The highest BCUT2D eigenvalue weighted by atomic mass is 16.5. The molecule has 0 fully saturated rings. The monoisotopic (exact) mass is 288 g/mol. The van der Waals surface area contributed by atoms with Crippen molar-refractivity contribution < 1.29 is 19.4 Å². The lowest BCUT2D eigenvalue weighted by atomic mass is 10.1. The molecule has 0 aliphatic rings. The van der Waals surface area contributed by atoms with Gasteiger partial charge in [-0.3, -0.25) is 0 Å². The second kappa shape index (κ2) is 6.08. The number of benzene rings is 1. The molecule has 2 aromatic rings. The number of hydrogen-bond acceptors (Lipinski definition) is 6. The number of ether oxygens (including phenoxy) is 2. The number of hydrogen-bond donors (Lipinski definition) is 0. The van der Waals surface area contributed by atoms with E-state index in [1.54, 1.807) is 24.3 Å². The molecule has 0 saturated heterocycles. The lowest BCUT2D eigenvalue weighted by Crippen LogP contribution is -2.38. The van der Waals surface area contributed by atoms with Crippen molar-refractivity contribution in [3.05, 3.63) is 30.3 Å². The average molecular weight is 288 g/mol. The van der Waals surface area contributed by atoms with E-state index in [0.29, 0.717) is 28.8 Å². The van der Waals surface area contributed by atoms with Crippen LogP contribution in [0.4, 0.5) is 10.5 Å². The fraction of sp³-hybridized carbons (Fsp3) is 0.214. The van der Waals surface area contributed by atoms with E-state index in [4.69, 9.17) is 9.47 Å². The van der Waals surface area contributed by atoms with E-state index in [1.165, 1.54) is 27.3 Å². The molecule has 0 saturated carbocycles. The molecule has 21 heavy (non-hydrogen) atoms. The van der Waals surface area contributed by atoms with Gasteiger partial charge in [0.15, 0.2) is 5.82 Å². The van der Waals surface area contributed by atoms with Crippen molar-refractivity contribution in [1.29, 1.82) is 0 Å². The summed E-state index contributed by atoms with van der Waals surface area (Å²) >= 11 is 0. The summed E-state index contributed by atoms with van der Waals surface area (Å²) in [6.07, 6.45) is -1.32. The summed E-state index contributed by atoms with van der Waals surface area (Å²) in [5, 5.41) is 11.1. The Hall–Kier alpha value is -2.83. The number of carboxylic acid groups (broad SMARTS) is 1. The maximum atomic E-state index is 11.1. The molecule has 0 spiro atoms. The molecule has 0 aliphatic carbocycles. The van der Waals surface area contributed by atoms with Crippen LogP contribution in [0.2, 0.25) is 0 Å². The van der Waals surface area contributed by atoms with Crippen LogP contribution in [0.3, 0.4) is 0 Å². The number of rotatable bonds is 4. The van der Waals surface area contributed by atoms with Crippen LogP contribution in [0.1, 0.15) is 0 Å². The fourth-order valence-electron chi connectivity index (χ4n) is 1.79. The number of anilines is 1. The molecule has 0 N–H and O–H groups in total. The van der Waals surface area contributed by atoms with E-state index in [-0.39, 0.29) is 0 Å². The highest BCUT2D eigenvalue weighted by Gasteiger charge is 2.14. The molecule has 2 rings (SSSR count). The van der Waals surface area contributed by atoms with Gasteiger partial charge in [0, 0.05) is 12.6 Å². The van der Waals surface area contributed by atoms with Gasteiger partial charge >= 0.3 is 0 Å². The second-order valence-electron chi connectivity index (χ2n) is 4.12. The molecule has 0 radical (unpaired) electrons. The van der Waals surface area contributed by atoms with Crippen LogP contribution in [0.5, 0.6) is 11.8 Å². The summed E-state index contributed by atoms with van der Waals surface area (Å²) in [5.41, 5.74) is 0.939.